The Morgan fingerprint density at radius 3 is 2.25 bits per heavy atom. The maximum Gasteiger partial charge on any atom is 0.251 e. The second-order valence-corrected chi connectivity index (χ2v) is 5.74. The van der Waals surface area contributed by atoms with Crippen molar-refractivity contribution >= 4 is 24.2 Å². The Hall–Kier alpha value is -1.66. The van der Waals surface area contributed by atoms with E-state index in [-0.39, 0.29) is 30.1 Å². The SMILES string of the molecule is CCCNCCNC(=O)C(NC(=O)c1ccc(F)cc1)C(C)C.Cl. The van der Waals surface area contributed by atoms with Crippen molar-refractivity contribution in [3.63, 3.8) is 0 Å². The zero-order valence-corrected chi connectivity index (χ0v) is 15.2. The largest absolute Gasteiger partial charge is 0.353 e. The normalized spacial score (nSPS) is 11.5. The lowest BCUT2D eigenvalue weighted by atomic mass is 10.0. The number of nitrogens with one attached hydrogen (secondary N) is 3. The fourth-order valence-corrected chi connectivity index (χ4v) is 2.05. The molecule has 1 unspecified atom stereocenters. The molecular formula is C17H27ClFN3O2. The average Bonchev–Trinajstić information content (AvgIpc) is 2.52. The molecule has 7 heteroatoms. The lowest BCUT2D eigenvalue weighted by Gasteiger charge is -2.22. The highest BCUT2D eigenvalue weighted by atomic mass is 35.5. The quantitative estimate of drug-likeness (QED) is 0.591. The summed E-state index contributed by atoms with van der Waals surface area (Å²) in [5.41, 5.74) is 0.328. The summed E-state index contributed by atoms with van der Waals surface area (Å²) in [6.45, 7) is 7.91. The van der Waals surface area contributed by atoms with Gasteiger partial charge < -0.3 is 16.0 Å². The zero-order chi connectivity index (χ0) is 17.2. The molecule has 1 atom stereocenters. The van der Waals surface area contributed by atoms with Crippen LogP contribution >= 0.6 is 12.4 Å². The van der Waals surface area contributed by atoms with E-state index < -0.39 is 11.9 Å². The molecule has 0 saturated heterocycles. The van der Waals surface area contributed by atoms with E-state index in [9.17, 15) is 14.0 Å². The highest BCUT2D eigenvalue weighted by Crippen LogP contribution is 2.06. The number of carbonyl (C=O) groups is 2. The van der Waals surface area contributed by atoms with Crippen molar-refractivity contribution in [1.82, 2.24) is 16.0 Å². The van der Waals surface area contributed by atoms with Crippen molar-refractivity contribution < 1.29 is 14.0 Å². The summed E-state index contributed by atoms with van der Waals surface area (Å²) in [5, 5.41) is 8.72. The molecule has 0 aromatic heterocycles. The third-order valence-electron chi connectivity index (χ3n) is 3.37. The number of hydrogen-bond donors (Lipinski definition) is 3. The summed E-state index contributed by atoms with van der Waals surface area (Å²) < 4.78 is 12.9. The Kier molecular flexibility index (Phi) is 11.0. The number of carbonyl (C=O) groups excluding carboxylic acids is 2. The van der Waals surface area contributed by atoms with Crippen LogP contribution in [0.15, 0.2) is 24.3 Å². The number of rotatable bonds is 9. The van der Waals surface area contributed by atoms with E-state index in [1.54, 1.807) is 0 Å². The monoisotopic (exact) mass is 359 g/mol. The molecule has 0 aliphatic carbocycles. The lowest BCUT2D eigenvalue weighted by molar-refractivity contribution is -0.123. The minimum Gasteiger partial charge on any atom is -0.353 e. The molecule has 0 heterocycles. The van der Waals surface area contributed by atoms with Crippen molar-refractivity contribution in [2.75, 3.05) is 19.6 Å². The van der Waals surface area contributed by atoms with E-state index in [1.165, 1.54) is 24.3 Å². The molecule has 5 nitrogen and oxygen atoms in total. The van der Waals surface area contributed by atoms with Gasteiger partial charge in [0.2, 0.25) is 5.91 Å². The highest BCUT2D eigenvalue weighted by molar-refractivity contribution is 5.97. The molecule has 1 aromatic rings. The molecule has 2 amide bonds. The van der Waals surface area contributed by atoms with Gasteiger partial charge in [0.25, 0.3) is 5.91 Å². The molecule has 0 fully saturated rings. The first-order chi connectivity index (χ1) is 11.0. The second-order valence-electron chi connectivity index (χ2n) is 5.74. The van der Waals surface area contributed by atoms with Crippen LogP contribution in [0.2, 0.25) is 0 Å². The smallest absolute Gasteiger partial charge is 0.251 e. The standard InChI is InChI=1S/C17H26FN3O2.ClH/c1-4-9-19-10-11-20-17(23)15(12(2)3)21-16(22)13-5-7-14(18)8-6-13;/h5-8,12,15,19H,4,9-11H2,1-3H3,(H,20,23)(H,21,22);1H. The molecule has 0 bridgehead atoms. The van der Waals surface area contributed by atoms with Crippen LogP contribution in [0.5, 0.6) is 0 Å². The Labute approximate surface area is 149 Å². The Morgan fingerprint density at radius 1 is 1.08 bits per heavy atom. The van der Waals surface area contributed by atoms with Gasteiger partial charge >= 0.3 is 0 Å². The van der Waals surface area contributed by atoms with Gasteiger partial charge in [0.05, 0.1) is 0 Å². The molecule has 1 rings (SSSR count). The third-order valence-corrected chi connectivity index (χ3v) is 3.37. The van der Waals surface area contributed by atoms with E-state index in [1.807, 2.05) is 13.8 Å². The summed E-state index contributed by atoms with van der Waals surface area (Å²) in [4.78, 5) is 24.4. The lowest BCUT2D eigenvalue weighted by Crippen LogP contribution is -2.50. The fourth-order valence-electron chi connectivity index (χ4n) is 2.05. The van der Waals surface area contributed by atoms with Crippen LogP contribution in [-0.4, -0.2) is 37.5 Å². The Morgan fingerprint density at radius 2 is 1.71 bits per heavy atom. The van der Waals surface area contributed by atoms with Gasteiger partial charge in [0.15, 0.2) is 0 Å². The predicted molar refractivity (Wildman–Crippen MR) is 95.9 cm³/mol. The minimum atomic E-state index is -0.626. The van der Waals surface area contributed by atoms with Crippen LogP contribution in [0, 0.1) is 11.7 Å². The highest BCUT2D eigenvalue weighted by Gasteiger charge is 2.24. The summed E-state index contributed by atoms with van der Waals surface area (Å²) in [6, 6.07) is 4.61. The van der Waals surface area contributed by atoms with Crippen LogP contribution in [0.3, 0.4) is 0 Å². The average molecular weight is 360 g/mol. The molecule has 136 valence electrons. The van der Waals surface area contributed by atoms with Crippen LogP contribution in [0.25, 0.3) is 0 Å². The summed E-state index contributed by atoms with van der Waals surface area (Å²) >= 11 is 0. The molecule has 0 spiro atoms. The van der Waals surface area contributed by atoms with E-state index in [2.05, 4.69) is 22.9 Å². The van der Waals surface area contributed by atoms with Crippen LogP contribution in [0.1, 0.15) is 37.6 Å². The number of amides is 2. The Bertz CT molecular complexity index is 509. The maximum atomic E-state index is 12.9. The molecule has 0 aliphatic heterocycles. The van der Waals surface area contributed by atoms with Crippen molar-refractivity contribution in [2.24, 2.45) is 5.92 Å². The summed E-state index contributed by atoms with van der Waals surface area (Å²) in [5.74, 6) is -1.06. The fraction of sp³-hybridized carbons (Fsp3) is 0.529. The molecule has 0 aliphatic rings. The molecule has 1 aromatic carbocycles. The second kappa shape index (κ2) is 11.8. The third kappa shape index (κ3) is 7.75. The number of halogens is 2. The van der Waals surface area contributed by atoms with Gasteiger partial charge in [0, 0.05) is 18.7 Å². The van der Waals surface area contributed by atoms with Gasteiger partial charge in [0.1, 0.15) is 11.9 Å². The molecule has 24 heavy (non-hydrogen) atoms. The van der Waals surface area contributed by atoms with Gasteiger partial charge in [-0.25, -0.2) is 4.39 Å². The van der Waals surface area contributed by atoms with Crippen LogP contribution in [-0.2, 0) is 4.79 Å². The maximum absolute atomic E-state index is 12.9. The zero-order valence-electron chi connectivity index (χ0n) is 14.4. The minimum absolute atomic E-state index is 0. The molecule has 3 N–H and O–H groups in total. The first-order valence-corrected chi connectivity index (χ1v) is 8.00. The molecule has 0 saturated carbocycles. The first-order valence-electron chi connectivity index (χ1n) is 8.00. The van der Waals surface area contributed by atoms with Crippen molar-refractivity contribution in [3.05, 3.63) is 35.6 Å². The summed E-state index contributed by atoms with van der Waals surface area (Å²) in [7, 11) is 0. The van der Waals surface area contributed by atoms with E-state index >= 15 is 0 Å². The van der Waals surface area contributed by atoms with Gasteiger partial charge in [-0.05, 0) is 43.1 Å². The molecular weight excluding hydrogens is 333 g/mol. The first kappa shape index (κ1) is 22.3. The molecule has 0 radical (unpaired) electrons. The van der Waals surface area contributed by atoms with Crippen LogP contribution < -0.4 is 16.0 Å². The Balaban J connectivity index is 0.00000529. The number of hydrogen-bond acceptors (Lipinski definition) is 3. The van der Waals surface area contributed by atoms with Gasteiger partial charge in [-0.3, -0.25) is 9.59 Å². The van der Waals surface area contributed by atoms with Crippen molar-refractivity contribution in [3.8, 4) is 0 Å². The van der Waals surface area contributed by atoms with Crippen molar-refractivity contribution in [2.45, 2.75) is 33.2 Å². The van der Waals surface area contributed by atoms with Crippen LogP contribution in [0.4, 0.5) is 4.39 Å². The number of benzene rings is 1. The summed E-state index contributed by atoms with van der Waals surface area (Å²) in [6.07, 6.45) is 1.04. The predicted octanol–water partition coefficient (Wildman–Crippen LogP) is 2.12. The van der Waals surface area contributed by atoms with Gasteiger partial charge in [-0.15, -0.1) is 12.4 Å². The van der Waals surface area contributed by atoms with E-state index in [0.717, 1.165) is 13.0 Å². The van der Waals surface area contributed by atoms with E-state index in [0.29, 0.717) is 18.7 Å². The van der Waals surface area contributed by atoms with E-state index in [4.69, 9.17) is 0 Å². The topological polar surface area (TPSA) is 70.2 Å². The van der Waals surface area contributed by atoms with Gasteiger partial charge in [-0.2, -0.15) is 0 Å². The van der Waals surface area contributed by atoms with Gasteiger partial charge in [-0.1, -0.05) is 20.8 Å². The van der Waals surface area contributed by atoms with Crippen molar-refractivity contribution in [1.29, 1.82) is 0 Å².